The average Bonchev–Trinajstić information content (AvgIpc) is 3.24. The van der Waals surface area contributed by atoms with Gasteiger partial charge >= 0.3 is 5.97 Å². The van der Waals surface area contributed by atoms with E-state index in [1.54, 1.807) is 13.8 Å². The Morgan fingerprint density at radius 1 is 1.00 bits per heavy atom. The summed E-state index contributed by atoms with van der Waals surface area (Å²) in [7, 11) is 0. The highest BCUT2D eigenvalue weighted by atomic mass is 16.5. The van der Waals surface area contributed by atoms with E-state index in [0.29, 0.717) is 37.5 Å². The van der Waals surface area contributed by atoms with Crippen LogP contribution < -0.4 is 0 Å². The monoisotopic (exact) mass is 477 g/mol. The topological polar surface area (TPSA) is 81.8 Å². The molecule has 186 valence electrons. The number of benzene rings is 2. The molecule has 1 saturated carbocycles. The highest BCUT2D eigenvalue weighted by molar-refractivity contribution is 5.76. The molecule has 1 aliphatic carbocycles. The first kappa shape index (κ1) is 25.1. The van der Waals surface area contributed by atoms with Crippen LogP contribution in [0.15, 0.2) is 59.0 Å². The van der Waals surface area contributed by atoms with Gasteiger partial charge in [-0.2, -0.15) is 0 Å². The van der Waals surface area contributed by atoms with E-state index in [2.05, 4.69) is 29.2 Å². The van der Waals surface area contributed by atoms with E-state index in [0.717, 1.165) is 48.3 Å². The smallest absolute Gasteiger partial charge is 0.335 e. The molecule has 0 amide bonds. The summed E-state index contributed by atoms with van der Waals surface area (Å²) in [6, 6.07) is 18.5. The van der Waals surface area contributed by atoms with Gasteiger partial charge < -0.3 is 19.0 Å². The molecule has 0 saturated heterocycles. The minimum atomic E-state index is -1.15. The van der Waals surface area contributed by atoms with Gasteiger partial charge in [0, 0.05) is 12.2 Å². The summed E-state index contributed by atoms with van der Waals surface area (Å²) in [5, 5.41) is 9.24. The molecule has 0 spiro atoms. The lowest BCUT2D eigenvalue weighted by Gasteiger charge is -2.31. The van der Waals surface area contributed by atoms with Crippen molar-refractivity contribution in [2.24, 2.45) is 11.8 Å². The zero-order chi connectivity index (χ0) is 24.8. The van der Waals surface area contributed by atoms with Gasteiger partial charge in [0.05, 0.1) is 13.2 Å². The number of oxazole rings is 1. The van der Waals surface area contributed by atoms with Crippen LogP contribution in [0, 0.1) is 18.8 Å². The Balaban J connectivity index is 1.28. The maximum atomic E-state index is 11.3. The molecule has 0 radical (unpaired) electrons. The fourth-order valence-electron chi connectivity index (χ4n) is 4.54. The molecule has 6 heteroatoms. The largest absolute Gasteiger partial charge is 0.479 e. The third-order valence-electron chi connectivity index (χ3n) is 6.81. The van der Waals surface area contributed by atoms with E-state index >= 15 is 0 Å². The highest BCUT2D eigenvalue weighted by Crippen LogP contribution is 2.31. The molecule has 1 N–H and O–H groups in total. The van der Waals surface area contributed by atoms with Gasteiger partial charge in [-0.3, -0.25) is 0 Å². The van der Waals surface area contributed by atoms with E-state index in [1.165, 1.54) is 5.56 Å². The van der Waals surface area contributed by atoms with Crippen LogP contribution in [0.1, 0.15) is 51.0 Å². The lowest BCUT2D eigenvalue weighted by Crippen LogP contribution is -2.37. The number of ether oxygens (including phenoxy) is 2. The summed E-state index contributed by atoms with van der Waals surface area (Å²) in [6.45, 7) is 6.68. The van der Waals surface area contributed by atoms with Gasteiger partial charge in [-0.15, -0.1) is 0 Å². The standard InChI is InChI=1S/C29H35NO5/c1-20-26(19-33-17-21-8-7-9-22(16-21)18-34-29(2,3)28(31)32)30-27(35-20)25-14-12-24(13-15-25)23-10-5-4-6-11-23/h4-6,10-15,21-22H,7-9,16-19H2,1-3H3,(H,31,32). The van der Waals surface area contributed by atoms with Gasteiger partial charge in [-0.05, 0) is 75.1 Å². The predicted molar refractivity (Wildman–Crippen MR) is 135 cm³/mol. The average molecular weight is 478 g/mol. The number of nitrogens with zero attached hydrogens (tertiary/aromatic N) is 1. The Hall–Kier alpha value is -2.96. The second-order valence-corrected chi connectivity index (χ2v) is 10.0. The lowest BCUT2D eigenvalue weighted by atomic mass is 9.82. The van der Waals surface area contributed by atoms with Crippen molar-refractivity contribution in [3.8, 4) is 22.6 Å². The first-order chi connectivity index (χ1) is 16.8. The van der Waals surface area contributed by atoms with Crippen LogP contribution in [0.5, 0.6) is 0 Å². The molecule has 1 fully saturated rings. The molecule has 35 heavy (non-hydrogen) atoms. The van der Waals surface area contributed by atoms with Crippen molar-refractivity contribution in [2.45, 2.75) is 58.7 Å². The number of aryl methyl sites for hydroxylation is 1. The molecule has 2 aromatic carbocycles. The Morgan fingerprint density at radius 2 is 1.63 bits per heavy atom. The zero-order valence-corrected chi connectivity index (χ0v) is 20.8. The third kappa shape index (κ3) is 6.59. The van der Waals surface area contributed by atoms with E-state index in [9.17, 15) is 9.90 Å². The molecule has 1 aliphatic rings. The van der Waals surface area contributed by atoms with Gasteiger partial charge in [0.15, 0.2) is 5.60 Å². The first-order valence-electron chi connectivity index (χ1n) is 12.4. The Morgan fingerprint density at radius 3 is 2.31 bits per heavy atom. The summed E-state index contributed by atoms with van der Waals surface area (Å²) in [5.41, 5.74) is 2.96. The Bertz CT molecular complexity index is 1100. The molecule has 0 bridgehead atoms. The number of aliphatic carboxylic acids is 1. The van der Waals surface area contributed by atoms with Crippen LogP contribution in [0.4, 0.5) is 0 Å². The van der Waals surface area contributed by atoms with Crippen LogP contribution in [0.2, 0.25) is 0 Å². The SMILES string of the molecule is Cc1oc(-c2ccc(-c3ccccc3)cc2)nc1COCC1CCCC(COC(C)(C)C(=O)O)C1. The van der Waals surface area contributed by atoms with Crippen molar-refractivity contribution in [3.63, 3.8) is 0 Å². The molecule has 1 heterocycles. The number of carboxylic acids is 1. The fourth-order valence-corrected chi connectivity index (χ4v) is 4.54. The molecule has 1 aromatic heterocycles. The van der Waals surface area contributed by atoms with Gasteiger partial charge in [0.2, 0.25) is 5.89 Å². The molecule has 2 unspecified atom stereocenters. The molecular formula is C29H35NO5. The molecule has 0 aliphatic heterocycles. The quantitative estimate of drug-likeness (QED) is 0.358. The summed E-state index contributed by atoms with van der Waals surface area (Å²) in [4.78, 5) is 16.0. The van der Waals surface area contributed by atoms with Crippen molar-refractivity contribution in [1.29, 1.82) is 0 Å². The van der Waals surface area contributed by atoms with E-state index in [-0.39, 0.29) is 0 Å². The maximum Gasteiger partial charge on any atom is 0.335 e. The lowest BCUT2D eigenvalue weighted by molar-refractivity contribution is -0.163. The molecule has 6 nitrogen and oxygen atoms in total. The van der Waals surface area contributed by atoms with Crippen LogP contribution in [-0.2, 0) is 20.9 Å². The zero-order valence-electron chi connectivity index (χ0n) is 20.8. The van der Waals surface area contributed by atoms with E-state index in [4.69, 9.17) is 13.9 Å². The van der Waals surface area contributed by atoms with Crippen molar-refractivity contribution in [1.82, 2.24) is 4.98 Å². The Labute approximate surface area is 207 Å². The van der Waals surface area contributed by atoms with Crippen LogP contribution in [0.3, 0.4) is 0 Å². The van der Waals surface area contributed by atoms with Crippen LogP contribution in [-0.4, -0.2) is 34.9 Å². The predicted octanol–water partition coefficient (Wildman–Crippen LogP) is 6.52. The van der Waals surface area contributed by atoms with Gasteiger partial charge in [-0.25, -0.2) is 9.78 Å². The van der Waals surface area contributed by atoms with Crippen molar-refractivity contribution >= 4 is 5.97 Å². The van der Waals surface area contributed by atoms with Crippen molar-refractivity contribution in [3.05, 3.63) is 66.1 Å². The molecular weight excluding hydrogens is 442 g/mol. The third-order valence-corrected chi connectivity index (χ3v) is 6.81. The van der Waals surface area contributed by atoms with Crippen LogP contribution in [0.25, 0.3) is 22.6 Å². The molecule has 2 atom stereocenters. The number of rotatable bonds is 10. The minimum absolute atomic E-state index is 0.371. The number of aromatic nitrogens is 1. The molecule has 3 aromatic rings. The number of hydrogen-bond donors (Lipinski definition) is 1. The highest BCUT2D eigenvalue weighted by Gasteiger charge is 2.30. The number of hydrogen-bond acceptors (Lipinski definition) is 5. The fraction of sp³-hybridized carbons (Fsp3) is 0.448. The summed E-state index contributed by atoms with van der Waals surface area (Å²) >= 11 is 0. The van der Waals surface area contributed by atoms with Crippen LogP contribution >= 0.6 is 0 Å². The van der Waals surface area contributed by atoms with E-state index in [1.807, 2.05) is 37.3 Å². The second-order valence-electron chi connectivity index (χ2n) is 10.0. The van der Waals surface area contributed by atoms with Crippen molar-refractivity contribution in [2.75, 3.05) is 13.2 Å². The number of carboxylic acid groups (broad SMARTS) is 1. The summed E-state index contributed by atoms with van der Waals surface area (Å²) in [5.74, 6) is 1.27. The minimum Gasteiger partial charge on any atom is -0.479 e. The van der Waals surface area contributed by atoms with Gasteiger partial charge in [0.1, 0.15) is 11.5 Å². The summed E-state index contributed by atoms with van der Waals surface area (Å²) < 4.78 is 17.7. The second kappa shape index (κ2) is 11.2. The van der Waals surface area contributed by atoms with E-state index < -0.39 is 11.6 Å². The normalized spacial score (nSPS) is 18.5. The van der Waals surface area contributed by atoms with Crippen molar-refractivity contribution < 1.29 is 23.8 Å². The first-order valence-corrected chi connectivity index (χ1v) is 12.4. The van der Waals surface area contributed by atoms with Gasteiger partial charge in [-0.1, -0.05) is 48.9 Å². The summed E-state index contributed by atoms with van der Waals surface area (Å²) in [6.07, 6.45) is 4.30. The number of carbonyl (C=O) groups is 1. The maximum absolute atomic E-state index is 11.3. The molecule has 4 rings (SSSR count). The Kier molecular flexibility index (Phi) is 8.04. The van der Waals surface area contributed by atoms with Gasteiger partial charge in [0.25, 0.3) is 0 Å².